The SMILES string of the molecule is CCNC(=NCc1ccccc1OCC)NCc1nnc(C)n1C. The van der Waals surface area contributed by atoms with Crippen molar-refractivity contribution in [2.24, 2.45) is 12.0 Å². The first-order valence-corrected chi connectivity index (χ1v) is 8.23. The lowest BCUT2D eigenvalue weighted by atomic mass is 10.2. The number of hydrogen-bond acceptors (Lipinski definition) is 4. The fraction of sp³-hybridized carbons (Fsp3) is 0.471. The van der Waals surface area contributed by atoms with Gasteiger partial charge in [-0.25, -0.2) is 4.99 Å². The summed E-state index contributed by atoms with van der Waals surface area (Å²) < 4.78 is 7.60. The van der Waals surface area contributed by atoms with Crippen LogP contribution in [-0.2, 0) is 20.1 Å². The normalized spacial score (nSPS) is 11.4. The van der Waals surface area contributed by atoms with E-state index >= 15 is 0 Å². The molecule has 0 atom stereocenters. The van der Waals surface area contributed by atoms with Gasteiger partial charge in [-0.05, 0) is 26.8 Å². The maximum atomic E-state index is 5.65. The average molecular weight is 330 g/mol. The quantitative estimate of drug-likeness (QED) is 0.598. The molecule has 0 spiro atoms. The molecule has 0 aliphatic rings. The van der Waals surface area contributed by atoms with Crippen molar-refractivity contribution >= 4 is 5.96 Å². The molecular formula is C17H26N6O. The molecule has 0 aliphatic heterocycles. The molecule has 7 nitrogen and oxygen atoms in total. The van der Waals surface area contributed by atoms with Crippen LogP contribution in [0.25, 0.3) is 0 Å². The van der Waals surface area contributed by atoms with Crippen LogP contribution in [0, 0.1) is 6.92 Å². The number of guanidine groups is 1. The monoisotopic (exact) mass is 330 g/mol. The number of nitrogens with one attached hydrogen (secondary N) is 2. The largest absolute Gasteiger partial charge is 0.494 e. The van der Waals surface area contributed by atoms with Crippen LogP contribution in [0.3, 0.4) is 0 Å². The molecule has 0 radical (unpaired) electrons. The molecular weight excluding hydrogens is 304 g/mol. The zero-order valence-corrected chi connectivity index (χ0v) is 14.8. The standard InChI is InChI=1S/C17H26N6O/c1-5-18-17(20-12-16-22-21-13(3)23(16)4)19-11-14-9-7-8-10-15(14)24-6-2/h7-10H,5-6,11-12H2,1-4H3,(H2,18,19,20). The Morgan fingerprint density at radius 1 is 1.21 bits per heavy atom. The summed E-state index contributed by atoms with van der Waals surface area (Å²) in [6.45, 7) is 8.49. The van der Waals surface area contributed by atoms with Crippen LogP contribution in [-0.4, -0.2) is 33.9 Å². The summed E-state index contributed by atoms with van der Waals surface area (Å²) in [6.07, 6.45) is 0. The summed E-state index contributed by atoms with van der Waals surface area (Å²) >= 11 is 0. The Kier molecular flexibility index (Phi) is 6.60. The van der Waals surface area contributed by atoms with E-state index in [0.717, 1.165) is 35.5 Å². The van der Waals surface area contributed by atoms with Crippen LogP contribution in [0.15, 0.2) is 29.3 Å². The Balaban J connectivity index is 2.04. The highest BCUT2D eigenvalue weighted by atomic mass is 16.5. The molecule has 0 saturated heterocycles. The molecule has 130 valence electrons. The topological polar surface area (TPSA) is 76.4 Å². The summed E-state index contributed by atoms with van der Waals surface area (Å²) in [5, 5.41) is 14.7. The lowest BCUT2D eigenvalue weighted by Gasteiger charge is -2.12. The predicted octanol–water partition coefficient (Wildman–Crippen LogP) is 1.78. The molecule has 0 bridgehead atoms. The minimum atomic E-state index is 0.545. The highest BCUT2D eigenvalue weighted by molar-refractivity contribution is 5.79. The molecule has 2 rings (SSSR count). The molecule has 0 fully saturated rings. The van der Waals surface area contributed by atoms with Crippen molar-refractivity contribution < 1.29 is 4.74 Å². The van der Waals surface area contributed by atoms with Crippen LogP contribution >= 0.6 is 0 Å². The van der Waals surface area contributed by atoms with Crippen molar-refractivity contribution in [3.8, 4) is 5.75 Å². The predicted molar refractivity (Wildman–Crippen MR) is 95.0 cm³/mol. The molecule has 1 aromatic carbocycles. The van der Waals surface area contributed by atoms with E-state index in [-0.39, 0.29) is 0 Å². The Morgan fingerprint density at radius 3 is 2.67 bits per heavy atom. The zero-order chi connectivity index (χ0) is 17.4. The smallest absolute Gasteiger partial charge is 0.191 e. The van der Waals surface area contributed by atoms with Gasteiger partial charge in [-0.1, -0.05) is 18.2 Å². The minimum Gasteiger partial charge on any atom is -0.494 e. The Bertz CT molecular complexity index is 679. The number of hydrogen-bond donors (Lipinski definition) is 2. The number of para-hydroxylation sites is 1. The second-order valence-electron chi connectivity index (χ2n) is 5.31. The molecule has 24 heavy (non-hydrogen) atoms. The van der Waals surface area contributed by atoms with E-state index in [1.807, 2.05) is 56.7 Å². The summed E-state index contributed by atoms with van der Waals surface area (Å²) in [5.74, 6) is 3.38. The van der Waals surface area contributed by atoms with Gasteiger partial charge in [-0.15, -0.1) is 10.2 Å². The third kappa shape index (κ3) is 4.71. The zero-order valence-electron chi connectivity index (χ0n) is 14.8. The van der Waals surface area contributed by atoms with Crippen molar-refractivity contribution in [2.45, 2.75) is 33.9 Å². The van der Waals surface area contributed by atoms with Crippen molar-refractivity contribution in [3.63, 3.8) is 0 Å². The maximum absolute atomic E-state index is 5.65. The average Bonchev–Trinajstić information content (AvgIpc) is 2.90. The molecule has 7 heteroatoms. The van der Waals surface area contributed by atoms with Crippen LogP contribution in [0.4, 0.5) is 0 Å². The Hall–Kier alpha value is -2.57. The van der Waals surface area contributed by atoms with Crippen molar-refractivity contribution in [2.75, 3.05) is 13.2 Å². The van der Waals surface area contributed by atoms with E-state index in [1.165, 1.54) is 0 Å². The van der Waals surface area contributed by atoms with Gasteiger partial charge in [-0.2, -0.15) is 0 Å². The highest BCUT2D eigenvalue weighted by Gasteiger charge is 2.07. The lowest BCUT2D eigenvalue weighted by molar-refractivity contribution is 0.336. The van der Waals surface area contributed by atoms with E-state index < -0.39 is 0 Å². The molecule has 0 amide bonds. The number of benzene rings is 1. The van der Waals surface area contributed by atoms with E-state index in [2.05, 4.69) is 25.8 Å². The van der Waals surface area contributed by atoms with Gasteiger partial charge < -0.3 is 19.9 Å². The first-order chi connectivity index (χ1) is 11.7. The molecule has 0 saturated carbocycles. The van der Waals surface area contributed by atoms with Gasteiger partial charge in [0.05, 0.1) is 19.7 Å². The van der Waals surface area contributed by atoms with Gasteiger partial charge in [0.2, 0.25) is 0 Å². The molecule has 0 unspecified atom stereocenters. The van der Waals surface area contributed by atoms with Crippen molar-refractivity contribution in [1.29, 1.82) is 0 Å². The third-order valence-electron chi connectivity index (χ3n) is 3.62. The van der Waals surface area contributed by atoms with Crippen molar-refractivity contribution in [1.82, 2.24) is 25.4 Å². The van der Waals surface area contributed by atoms with Gasteiger partial charge in [0.15, 0.2) is 11.8 Å². The number of aromatic nitrogens is 3. The maximum Gasteiger partial charge on any atom is 0.191 e. The molecule has 2 aromatic rings. The fourth-order valence-corrected chi connectivity index (χ4v) is 2.20. The van der Waals surface area contributed by atoms with Crippen molar-refractivity contribution in [3.05, 3.63) is 41.5 Å². The summed E-state index contributed by atoms with van der Waals surface area (Å²) in [6, 6.07) is 7.97. The summed E-state index contributed by atoms with van der Waals surface area (Å²) in [5.41, 5.74) is 1.06. The van der Waals surface area contributed by atoms with E-state index in [4.69, 9.17) is 4.74 Å². The Labute approximate surface area is 143 Å². The van der Waals surface area contributed by atoms with Gasteiger partial charge >= 0.3 is 0 Å². The number of aliphatic imine (C=N–C) groups is 1. The van der Waals surface area contributed by atoms with Crippen LogP contribution < -0.4 is 15.4 Å². The summed E-state index contributed by atoms with van der Waals surface area (Å²) in [4.78, 5) is 4.64. The second-order valence-corrected chi connectivity index (χ2v) is 5.31. The molecule has 1 aromatic heterocycles. The number of rotatable bonds is 7. The molecule has 1 heterocycles. The number of ether oxygens (including phenoxy) is 1. The summed E-state index contributed by atoms with van der Waals surface area (Å²) in [7, 11) is 1.95. The first-order valence-electron chi connectivity index (χ1n) is 8.23. The third-order valence-corrected chi connectivity index (χ3v) is 3.62. The minimum absolute atomic E-state index is 0.545. The van der Waals surface area contributed by atoms with Crippen LogP contribution in [0.1, 0.15) is 31.1 Å². The van der Waals surface area contributed by atoms with Gasteiger partial charge in [0, 0.05) is 19.2 Å². The van der Waals surface area contributed by atoms with E-state index in [0.29, 0.717) is 19.7 Å². The number of nitrogens with zero attached hydrogens (tertiary/aromatic N) is 4. The Morgan fingerprint density at radius 2 is 2.00 bits per heavy atom. The van der Waals surface area contributed by atoms with Gasteiger partial charge in [-0.3, -0.25) is 0 Å². The number of aryl methyl sites for hydroxylation is 1. The van der Waals surface area contributed by atoms with Crippen LogP contribution in [0.5, 0.6) is 5.75 Å². The van der Waals surface area contributed by atoms with Gasteiger partial charge in [0.1, 0.15) is 11.6 Å². The molecule has 2 N–H and O–H groups in total. The first kappa shape index (κ1) is 17.8. The molecule has 0 aliphatic carbocycles. The lowest BCUT2D eigenvalue weighted by Crippen LogP contribution is -2.37. The van der Waals surface area contributed by atoms with Gasteiger partial charge in [0.25, 0.3) is 0 Å². The van der Waals surface area contributed by atoms with E-state index in [9.17, 15) is 0 Å². The van der Waals surface area contributed by atoms with Crippen LogP contribution in [0.2, 0.25) is 0 Å². The highest BCUT2D eigenvalue weighted by Crippen LogP contribution is 2.18. The fourth-order valence-electron chi connectivity index (χ4n) is 2.20. The van der Waals surface area contributed by atoms with E-state index in [1.54, 1.807) is 0 Å². The second kappa shape index (κ2) is 8.90.